The summed E-state index contributed by atoms with van der Waals surface area (Å²) in [6.07, 6.45) is 4.45. The lowest BCUT2D eigenvalue weighted by atomic mass is 10.2. The number of guanidine groups is 1. The Morgan fingerprint density at radius 3 is 2.52 bits per heavy atom. The minimum Gasteiger partial charge on any atom is -0.364 e. The lowest BCUT2D eigenvalue weighted by Gasteiger charge is -2.37. The van der Waals surface area contributed by atoms with Crippen molar-refractivity contribution in [2.24, 2.45) is 4.99 Å². The van der Waals surface area contributed by atoms with Crippen LogP contribution in [0.1, 0.15) is 12.5 Å². The standard InChI is InChI=1S/C22H29N5S.HI/c1-2-23-22(27-14-12-26(13-15-27)21-9-6-16-28-21)24-18-19-7-5-8-20(17-19)25-10-3-4-11-25;/h3-9,16-17H,2,10-15,18H2,1H3,(H,23,24);1H. The zero-order chi connectivity index (χ0) is 19.2. The number of anilines is 2. The highest BCUT2D eigenvalue weighted by Gasteiger charge is 2.20. The van der Waals surface area contributed by atoms with Crippen LogP contribution in [-0.2, 0) is 6.54 Å². The number of nitrogens with one attached hydrogen (secondary N) is 1. The van der Waals surface area contributed by atoms with Crippen LogP contribution >= 0.6 is 35.3 Å². The summed E-state index contributed by atoms with van der Waals surface area (Å²) >= 11 is 1.82. The molecule has 29 heavy (non-hydrogen) atoms. The number of halogens is 1. The second kappa shape index (κ2) is 10.9. The molecule has 0 unspecified atom stereocenters. The third-order valence-corrected chi connectivity index (χ3v) is 6.17. The Hall–Kier alpha value is -1.74. The normalized spacial score (nSPS) is 16.9. The molecule has 7 heteroatoms. The lowest BCUT2D eigenvalue weighted by Crippen LogP contribution is -2.52. The molecular formula is C22H30IN5S. The molecule has 156 valence electrons. The van der Waals surface area contributed by atoms with Crippen LogP contribution < -0.4 is 15.1 Å². The Morgan fingerprint density at radius 1 is 1.03 bits per heavy atom. The number of nitrogens with zero attached hydrogens (tertiary/aromatic N) is 4. The van der Waals surface area contributed by atoms with E-state index in [-0.39, 0.29) is 24.0 Å². The third-order valence-electron chi connectivity index (χ3n) is 5.24. The summed E-state index contributed by atoms with van der Waals surface area (Å²) in [5.41, 5.74) is 2.55. The average Bonchev–Trinajstić information content (AvgIpc) is 3.46. The van der Waals surface area contributed by atoms with Crippen molar-refractivity contribution < 1.29 is 0 Å². The highest BCUT2D eigenvalue weighted by atomic mass is 127. The van der Waals surface area contributed by atoms with Gasteiger partial charge in [-0.3, -0.25) is 0 Å². The van der Waals surface area contributed by atoms with E-state index >= 15 is 0 Å². The molecule has 0 bridgehead atoms. The van der Waals surface area contributed by atoms with Gasteiger partial charge in [0.15, 0.2) is 5.96 Å². The summed E-state index contributed by atoms with van der Waals surface area (Å²) in [6.45, 7) is 9.84. The van der Waals surface area contributed by atoms with Crippen LogP contribution in [0.15, 0.2) is 58.9 Å². The van der Waals surface area contributed by atoms with Gasteiger partial charge in [0, 0.05) is 51.5 Å². The third kappa shape index (κ3) is 5.66. The van der Waals surface area contributed by atoms with E-state index in [4.69, 9.17) is 4.99 Å². The second-order valence-corrected chi connectivity index (χ2v) is 8.07. The fourth-order valence-electron chi connectivity index (χ4n) is 3.72. The van der Waals surface area contributed by atoms with Gasteiger partial charge in [-0.1, -0.05) is 24.3 Å². The fourth-order valence-corrected chi connectivity index (χ4v) is 4.51. The summed E-state index contributed by atoms with van der Waals surface area (Å²) in [7, 11) is 0. The number of aliphatic imine (C=N–C) groups is 1. The van der Waals surface area contributed by atoms with Crippen LogP contribution in [0.5, 0.6) is 0 Å². The average molecular weight is 523 g/mol. The first kappa shape index (κ1) is 22.0. The van der Waals surface area contributed by atoms with Gasteiger partial charge in [-0.25, -0.2) is 4.99 Å². The Labute approximate surface area is 195 Å². The summed E-state index contributed by atoms with van der Waals surface area (Å²) in [5, 5.41) is 7.00. The van der Waals surface area contributed by atoms with Crippen molar-refractivity contribution in [3.8, 4) is 0 Å². The molecule has 1 N–H and O–H groups in total. The molecule has 0 amide bonds. The van der Waals surface area contributed by atoms with Crippen molar-refractivity contribution >= 4 is 52.0 Å². The maximum atomic E-state index is 4.94. The van der Waals surface area contributed by atoms with Crippen LogP contribution in [0.4, 0.5) is 10.7 Å². The molecule has 5 nitrogen and oxygen atoms in total. The van der Waals surface area contributed by atoms with E-state index in [1.807, 2.05) is 11.3 Å². The van der Waals surface area contributed by atoms with Gasteiger partial charge in [0.25, 0.3) is 0 Å². The van der Waals surface area contributed by atoms with Crippen molar-refractivity contribution in [2.75, 3.05) is 55.6 Å². The zero-order valence-corrected chi connectivity index (χ0v) is 20.1. The van der Waals surface area contributed by atoms with Gasteiger partial charge >= 0.3 is 0 Å². The monoisotopic (exact) mass is 523 g/mol. The summed E-state index contributed by atoms with van der Waals surface area (Å²) < 4.78 is 0. The van der Waals surface area contributed by atoms with Crippen LogP contribution in [-0.4, -0.2) is 56.7 Å². The molecule has 2 aromatic rings. The van der Waals surface area contributed by atoms with Crippen molar-refractivity contribution in [1.29, 1.82) is 0 Å². The van der Waals surface area contributed by atoms with Gasteiger partial charge < -0.3 is 20.0 Å². The largest absolute Gasteiger partial charge is 0.364 e. The summed E-state index contributed by atoms with van der Waals surface area (Å²) in [5.74, 6) is 1.03. The molecule has 0 spiro atoms. The molecule has 2 aliphatic heterocycles. The molecule has 1 aromatic heterocycles. The smallest absolute Gasteiger partial charge is 0.194 e. The lowest BCUT2D eigenvalue weighted by molar-refractivity contribution is 0.373. The fraction of sp³-hybridized carbons (Fsp3) is 0.409. The quantitative estimate of drug-likeness (QED) is 0.278. The van der Waals surface area contributed by atoms with Gasteiger partial charge in [-0.2, -0.15) is 0 Å². The van der Waals surface area contributed by atoms with Crippen LogP contribution in [0.2, 0.25) is 0 Å². The molecule has 0 radical (unpaired) electrons. The molecular weight excluding hydrogens is 493 g/mol. The maximum Gasteiger partial charge on any atom is 0.194 e. The van der Waals surface area contributed by atoms with Gasteiger partial charge in [0.1, 0.15) is 0 Å². The van der Waals surface area contributed by atoms with E-state index in [1.165, 1.54) is 16.3 Å². The Bertz CT molecular complexity index is 804. The number of piperazine rings is 1. The van der Waals surface area contributed by atoms with Gasteiger partial charge in [0.2, 0.25) is 0 Å². The van der Waals surface area contributed by atoms with Crippen molar-refractivity contribution in [1.82, 2.24) is 10.2 Å². The number of hydrogen-bond donors (Lipinski definition) is 1. The first-order valence-electron chi connectivity index (χ1n) is 10.1. The maximum absolute atomic E-state index is 4.94. The highest BCUT2D eigenvalue weighted by Crippen LogP contribution is 2.22. The predicted molar refractivity (Wildman–Crippen MR) is 136 cm³/mol. The van der Waals surface area contributed by atoms with E-state index in [0.29, 0.717) is 6.54 Å². The minimum absolute atomic E-state index is 0. The molecule has 1 aromatic carbocycles. The molecule has 1 fully saturated rings. The van der Waals surface area contributed by atoms with Crippen molar-refractivity contribution in [3.05, 3.63) is 59.5 Å². The SMILES string of the molecule is CCNC(=NCc1cccc(N2CC=CC2)c1)N1CCN(c2cccs2)CC1.I. The first-order valence-corrected chi connectivity index (χ1v) is 11.0. The van der Waals surface area contributed by atoms with E-state index in [0.717, 1.165) is 51.8 Å². The van der Waals surface area contributed by atoms with Crippen LogP contribution in [0.25, 0.3) is 0 Å². The van der Waals surface area contributed by atoms with Crippen molar-refractivity contribution in [3.63, 3.8) is 0 Å². The highest BCUT2D eigenvalue weighted by molar-refractivity contribution is 14.0. The molecule has 1 saturated heterocycles. The molecule has 0 atom stereocenters. The predicted octanol–water partition coefficient (Wildman–Crippen LogP) is 4.03. The number of rotatable bonds is 5. The number of hydrogen-bond acceptors (Lipinski definition) is 4. The van der Waals surface area contributed by atoms with Crippen LogP contribution in [0, 0.1) is 0 Å². The van der Waals surface area contributed by atoms with E-state index in [1.54, 1.807) is 0 Å². The van der Waals surface area contributed by atoms with Gasteiger partial charge in [-0.15, -0.1) is 35.3 Å². The molecule has 2 aliphatic rings. The van der Waals surface area contributed by atoms with Crippen LogP contribution in [0.3, 0.4) is 0 Å². The Balaban J connectivity index is 0.00000240. The topological polar surface area (TPSA) is 34.1 Å². The second-order valence-electron chi connectivity index (χ2n) is 7.14. The number of benzene rings is 1. The number of thiophene rings is 1. The summed E-state index contributed by atoms with van der Waals surface area (Å²) in [6, 6.07) is 13.1. The summed E-state index contributed by atoms with van der Waals surface area (Å²) in [4.78, 5) is 12.2. The van der Waals surface area contributed by atoms with Gasteiger partial charge in [0.05, 0.1) is 11.5 Å². The van der Waals surface area contributed by atoms with E-state index < -0.39 is 0 Å². The minimum atomic E-state index is 0. The Kier molecular flexibility index (Phi) is 8.23. The first-order chi connectivity index (χ1) is 13.8. The zero-order valence-electron chi connectivity index (χ0n) is 17.0. The Morgan fingerprint density at radius 2 is 1.83 bits per heavy atom. The molecule has 0 aliphatic carbocycles. The van der Waals surface area contributed by atoms with Gasteiger partial charge in [-0.05, 0) is 42.1 Å². The molecule has 4 rings (SSSR count). The van der Waals surface area contributed by atoms with E-state index in [2.05, 4.69) is 80.9 Å². The van der Waals surface area contributed by atoms with Crippen molar-refractivity contribution in [2.45, 2.75) is 13.5 Å². The van der Waals surface area contributed by atoms with E-state index in [9.17, 15) is 0 Å². The molecule has 3 heterocycles. The molecule has 0 saturated carbocycles.